The first-order valence-electron chi connectivity index (χ1n) is 7.11. The van der Waals surface area contributed by atoms with Gasteiger partial charge in [-0.2, -0.15) is 0 Å². The zero-order valence-corrected chi connectivity index (χ0v) is 12.9. The van der Waals surface area contributed by atoms with Gasteiger partial charge in [0, 0.05) is 25.2 Å². The minimum atomic E-state index is -0.405. The maximum Gasteiger partial charge on any atom is 0.167 e. The Labute approximate surface area is 121 Å². The molecule has 1 aromatic rings. The second-order valence-corrected chi connectivity index (χ2v) is 5.01. The van der Waals surface area contributed by atoms with Crippen LogP contribution in [0.2, 0.25) is 0 Å². The Balaban J connectivity index is 2.87. The monoisotopic (exact) mass is 283 g/mol. The quantitative estimate of drug-likeness (QED) is 0.745. The van der Waals surface area contributed by atoms with Gasteiger partial charge in [-0.25, -0.2) is 4.39 Å². The van der Waals surface area contributed by atoms with E-state index in [4.69, 9.17) is 10.5 Å². The highest BCUT2D eigenvalue weighted by Gasteiger charge is 2.13. The van der Waals surface area contributed by atoms with Crippen molar-refractivity contribution in [1.29, 1.82) is 0 Å². The van der Waals surface area contributed by atoms with Crippen molar-refractivity contribution in [2.24, 2.45) is 0 Å². The van der Waals surface area contributed by atoms with Crippen LogP contribution in [0.1, 0.15) is 20.3 Å². The molecular formula is C15H26FN3O. The lowest BCUT2D eigenvalue weighted by atomic mass is 10.2. The highest BCUT2D eigenvalue weighted by molar-refractivity contribution is 5.70. The molecule has 0 fully saturated rings. The second kappa shape index (κ2) is 7.94. The van der Waals surface area contributed by atoms with Crippen molar-refractivity contribution < 1.29 is 9.13 Å². The maximum atomic E-state index is 13.7. The smallest absolute Gasteiger partial charge is 0.167 e. The molecular weight excluding hydrogens is 257 g/mol. The molecule has 0 saturated carbocycles. The van der Waals surface area contributed by atoms with Crippen LogP contribution in [-0.2, 0) is 0 Å². The average Bonchev–Trinajstić information content (AvgIpc) is 2.38. The number of ether oxygens (including phenoxy) is 1. The van der Waals surface area contributed by atoms with E-state index in [2.05, 4.69) is 30.8 Å². The SMILES string of the molecule is CCOc1cc(N(CC)CCCN(C)C)c(N)cc1F. The van der Waals surface area contributed by atoms with Crippen molar-refractivity contribution in [3.8, 4) is 5.75 Å². The Kier molecular flexibility index (Phi) is 6.58. The summed E-state index contributed by atoms with van der Waals surface area (Å²) in [5.74, 6) is -0.139. The normalized spacial score (nSPS) is 10.9. The Hall–Kier alpha value is -1.49. The largest absolute Gasteiger partial charge is 0.491 e. The molecule has 0 amide bonds. The number of hydrogen-bond acceptors (Lipinski definition) is 4. The first kappa shape index (κ1) is 16.6. The summed E-state index contributed by atoms with van der Waals surface area (Å²) in [4.78, 5) is 4.30. The number of hydrogen-bond donors (Lipinski definition) is 1. The van der Waals surface area contributed by atoms with E-state index in [1.165, 1.54) is 6.07 Å². The molecule has 0 radical (unpaired) electrons. The van der Waals surface area contributed by atoms with Gasteiger partial charge in [-0.1, -0.05) is 0 Å². The number of nitrogen functional groups attached to an aromatic ring is 1. The zero-order valence-electron chi connectivity index (χ0n) is 12.9. The van der Waals surface area contributed by atoms with Crippen molar-refractivity contribution in [2.75, 3.05) is 51.0 Å². The van der Waals surface area contributed by atoms with E-state index in [9.17, 15) is 4.39 Å². The van der Waals surface area contributed by atoms with E-state index in [0.29, 0.717) is 12.3 Å². The molecule has 0 heterocycles. The summed E-state index contributed by atoms with van der Waals surface area (Å²) in [6.45, 7) is 7.07. The van der Waals surface area contributed by atoms with Crippen LogP contribution in [0, 0.1) is 5.82 Å². The molecule has 0 unspecified atom stereocenters. The summed E-state index contributed by atoms with van der Waals surface area (Å²) < 4.78 is 19.0. The van der Waals surface area contributed by atoms with Gasteiger partial charge in [-0.15, -0.1) is 0 Å². The molecule has 0 aromatic heterocycles. The Bertz CT molecular complexity index is 424. The molecule has 20 heavy (non-hydrogen) atoms. The summed E-state index contributed by atoms with van der Waals surface area (Å²) >= 11 is 0. The summed E-state index contributed by atoms with van der Waals surface area (Å²) in [6, 6.07) is 3.04. The lowest BCUT2D eigenvalue weighted by Gasteiger charge is -2.26. The van der Waals surface area contributed by atoms with Crippen LogP contribution < -0.4 is 15.4 Å². The van der Waals surface area contributed by atoms with Crippen LogP contribution in [0.25, 0.3) is 0 Å². The fraction of sp³-hybridized carbons (Fsp3) is 0.600. The number of rotatable bonds is 8. The first-order valence-corrected chi connectivity index (χ1v) is 7.11. The van der Waals surface area contributed by atoms with Crippen molar-refractivity contribution in [3.63, 3.8) is 0 Å². The molecule has 0 aliphatic carbocycles. The van der Waals surface area contributed by atoms with Crippen LogP contribution in [0.3, 0.4) is 0 Å². The van der Waals surface area contributed by atoms with Gasteiger partial charge in [0.25, 0.3) is 0 Å². The summed E-state index contributed by atoms with van der Waals surface area (Å²) in [7, 11) is 4.10. The van der Waals surface area contributed by atoms with E-state index in [1.807, 2.05) is 6.92 Å². The van der Waals surface area contributed by atoms with Gasteiger partial charge in [0.05, 0.1) is 18.0 Å². The fourth-order valence-electron chi connectivity index (χ4n) is 2.12. The average molecular weight is 283 g/mol. The molecule has 114 valence electrons. The molecule has 0 aliphatic heterocycles. The number of nitrogens with zero attached hydrogens (tertiary/aromatic N) is 2. The zero-order chi connectivity index (χ0) is 15.1. The fourth-order valence-corrected chi connectivity index (χ4v) is 2.12. The van der Waals surface area contributed by atoms with E-state index in [1.54, 1.807) is 6.07 Å². The van der Waals surface area contributed by atoms with Crippen molar-refractivity contribution in [3.05, 3.63) is 17.9 Å². The van der Waals surface area contributed by atoms with Crippen LogP contribution in [0.15, 0.2) is 12.1 Å². The third-order valence-corrected chi connectivity index (χ3v) is 3.14. The van der Waals surface area contributed by atoms with E-state index >= 15 is 0 Å². The van der Waals surface area contributed by atoms with Gasteiger partial charge < -0.3 is 20.3 Å². The molecule has 0 saturated heterocycles. The van der Waals surface area contributed by atoms with Crippen LogP contribution in [0.4, 0.5) is 15.8 Å². The number of nitrogens with two attached hydrogens (primary N) is 1. The molecule has 2 N–H and O–H groups in total. The maximum absolute atomic E-state index is 13.7. The van der Waals surface area contributed by atoms with Gasteiger partial charge in [0.2, 0.25) is 0 Å². The Morgan fingerprint density at radius 3 is 2.45 bits per heavy atom. The van der Waals surface area contributed by atoms with E-state index in [0.717, 1.165) is 31.7 Å². The van der Waals surface area contributed by atoms with Gasteiger partial charge >= 0.3 is 0 Å². The van der Waals surface area contributed by atoms with Gasteiger partial charge in [-0.05, 0) is 40.9 Å². The van der Waals surface area contributed by atoms with E-state index < -0.39 is 5.82 Å². The lowest BCUT2D eigenvalue weighted by Crippen LogP contribution is -2.27. The third kappa shape index (κ3) is 4.56. The second-order valence-electron chi connectivity index (χ2n) is 5.01. The van der Waals surface area contributed by atoms with E-state index in [-0.39, 0.29) is 5.75 Å². The molecule has 5 heteroatoms. The van der Waals surface area contributed by atoms with Crippen LogP contribution in [0.5, 0.6) is 5.75 Å². The van der Waals surface area contributed by atoms with Gasteiger partial charge in [-0.3, -0.25) is 0 Å². The Morgan fingerprint density at radius 1 is 1.20 bits per heavy atom. The number of benzene rings is 1. The third-order valence-electron chi connectivity index (χ3n) is 3.14. The molecule has 0 aliphatic rings. The lowest BCUT2D eigenvalue weighted by molar-refractivity contribution is 0.321. The molecule has 4 nitrogen and oxygen atoms in total. The minimum absolute atomic E-state index is 0.266. The molecule has 0 spiro atoms. The predicted octanol–water partition coefficient (Wildman–Crippen LogP) is 2.58. The van der Waals surface area contributed by atoms with Crippen LogP contribution in [-0.4, -0.2) is 45.2 Å². The van der Waals surface area contributed by atoms with Gasteiger partial charge in [0.1, 0.15) is 0 Å². The van der Waals surface area contributed by atoms with Crippen molar-refractivity contribution >= 4 is 11.4 Å². The molecule has 0 bridgehead atoms. The highest BCUT2D eigenvalue weighted by atomic mass is 19.1. The molecule has 1 aromatic carbocycles. The van der Waals surface area contributed by atoms with Crippen LogP contribution >= 0.6 is 0 Å². The van der Waals surface area contributed by atoms with Gasteiger partial charge in [0.15, 0.2) is 11.6 Å². The summed E-state index contributed by atoms with van der Waals surface area (Å²) in [6.07, 6.45) is 1.03. The Morgan fingerprint density at radius 2 is 1.90 bits per heavy atom. The summed E-state index contributed by atoms with van der Waals surface area (Å²) in [5, 5.41) is 0. The van der Waals surface area contributed by atoms with Crippen molar-refractivity contribution in [1.82, 2.24) is 4.90 Å². The molecule has 1 rings (SSSR count). The highest BCUT2D eigenvalue weighted by Crippen LogP contribution is 2.31. The summed E-state index contributed by atoms with van der Waals surface area (Å²) in [5.41, 5.74) is 7.25. The number of halogens is 1. The van der Waals surface area contributed by atoms with Crippen molar-refractivity contribution in [2.45, 2.75) is 20.3 Å². The minimum Gasteiger partial charge on any atom is -0.491 e. The number of anilines is 2. The first-order chi connectivity index (χ1) is 9.49. The standard InChI is InChI=1S/C15H26FN3O/c1-5-19(9-7-8-18(3)4)14-11-15(20-6-2)12(16)10-13(14)17/h10-11H,5-9,17H2,1-4H3. The predicted molar refractivity (Wildman–Crippen MR) is 83.0 cm³/mol. The molecule has 0 atom stereocenters. The topological polar surface area (TPSA) is 41.7 Å².